The molecule has 1 saturated heterocycles. The van der Waals surface area contributed by atoms with Crippen LogP contribution in [0.15, 0.2) is 46.9 Å². The van der Waals surface area contributed by atoms with E-state index in [0.29, 0.717) is 43.7 Å². The Bertz CT molecular complexity index is 1320. The lowest BCUT2D eigenvalue weighted by molar-refractivity contribution is -0.135. The van der Waals surface area contributed by atoms with Gasteiger partial charge in [-0.15, -0.1) is 5.10 Å². The number of morpholine rings is 1. The van der Waals surface area contributed by atoms with Crippen LogP contribution in [0.3, 0.4) is 0 Å². The summed E-state index contributed by atoms with van der Waals surface area (Å²) in [6, 6.07) is 12.9. The molecular formula is C23H23BrN6O3. The van der Waals surface area contributed by atoms with Crippen molar-refractivity contribution in [2.45, 2.75) is 13.0 Å². The Balaban J connectivity index is 1.58. The first-order valence-electron chi connectivity index (χ1n) is 10.7. The van der Waals surface area contributed by atoms with Gasteiger partial charge in [0.15, 0.2) is 11.5 Å². The Labute approximate surface area is 198 Å². The largest absolute Gasteiger partial charge is 0.497 e. The Morgan fingerprint density at radius 1 is 1.15 bits per heavy atom. The molecule has 5 rings (SSSR count). The molecule has 0 aliphatic carbocycles. The van der Waals surface area contributed by atoms with Gasteiger partial charge in [-0.3, -0.25) is 4.79 Å². The number of fused-ring (bicyclic) bond motifs is 3. The minimum Gasteiger partial charge on any atom is -0.497 e. The van der Waals surface area contributed by atoms with Crippen LogP contribution in [0.4, 0.5) is 5.95 Å². The molecule has 170 valence electrons. The van der Waals surface area contributed by atoms with Gasteiger partial charge in [-0.2, -0.15) is 4.52 Å². The number of para-hydroxylation sites is 1. The molecule has 0 bridgehead atoms. The maximum atomic E-state index is 13.0. The summed E-state index contributed by atoms with van der Waals surface area (Å²) in [5.74, 6) is 1.76. The Morgan fingerprint density at radius 2 is 1.91 bits per heavy atom. The first-order valence-corrected chi connectivity index (χ1v) is 11.5. The number of nitrogens with one attached hydrogen (secondary N) is 1. The van der Waals surface area contributed by atoms with Crippen LogP contribution < -0.4 is 10.1 Å². The maximum absolute atomic E-state index is 13.0. The van der Waals surface area contributed by atoms with Gasteiger partial charge in [-0.1, -0.05) is 6.07 Å². The Hall–Kier alpha value is -3.24. The molecule has 9 nitrogen and oxygen atoms in total. The number of amides is 1. The summed E-state index contributed by atoms with van der Waals surface area (Å²) in [6.45, 7) is 4.11. The van der Waals surface area contributed by atoms with Crippen LogP contribution in [0.1, 0.15) is 6.92 Å². The van der Waals surface area contributed by atoms with Gasteiger partial charge in [-0.05, 0) is 59.3 Å². The molecule has 33 heavy (non-hydrogen) atoms. The number of methoxy groups -OCH3 is 1. The number of ether oxygens (including phenoxy) is 2. The summed E-state index contributed by atoms with van der Waals surface area (Å²) >= 11 is 3.59. The van der Waals surface area contributed by atoms with E-state index in [1.54, 1.807) is 16.5 Å². The molecule has 1 aliphatic heterocycles. The van der Waals surface area contributed by atoms with E-state index in [1.807, 2.05) is 49.4 Å². The van der Waals surface area contributed by atoms with E-state index >= 15 is 0 Å². The van der Waals surface area contributed by atoms with Crippen molar-refractivity contribution in [1.29, 1.82) is 0 Å². The van der Waals surface area contributed by atoms with Crippen LogP contribution in [0, 0.1) is 0 Å². The van der Waals surface area contributed by atoms with Gasteiger partial charge in [0.2, 0.25) is 11.9 Å². The third kappa shape index (κ3) is 4.11. The molecule has 1 fully saturated rings. The van der Waals surface area contributed by atoms with Crippen LogP contribution in [0.25, 0.3) is 27.9 Å². The van der Waals surface area contributed by atoms with Gasteiger partial charge >= 0.3 is 0 Å². The molecule has 0 spiro atoms. The zero-order chi connectivity index (χ0) is 22.9. The molecule has 0 radical (unpaired) electrons. The number of anilines is 1. The Kier molecular flexibility index (Phi) is 5.86. The number of aromatic nitrogens is 4. The van der Waals surface area contributed by atoms with Crippen molar-refractivity contribution >= 4 is 44.3 Å². The van der Waals surface area contributed by atoms with Crippen molar-refractivity contribution in [3.8, 4) is 17.1 Å². The van der Waals surface area contributed by atoms with Gasteiger partial charge in [0.05, 0.1) is 25.8 Å². The van der Waals surface area contributed by atoms with Crippen molar-refractivity contribution in [2.24, 2.45) is 0 Å². The van der Waals surface area contributed by atoms with Gasteiger partial charge in [0, 0.05) is 28.5 Å². The fourth-order valence-corrected chi connectivity index (χ4v) is 4.32. The van der Waals surface area contributed by atoms with Crippen LogP contribution in [-0.4, -0.2) is 69.8 Å². The van der Waals surface area contributed by atoms with Gasteiger partial charge in [0.1, 0.15) is 11.8 Å². The number of halogens is 1. The van der Waals surface area contributed by atoms with E-state index in [2.05, 4.69) is 21.2 Å². The lowest BCUT2D eigenvalue weighted by Crippen LogP contribution is -2.47. The summed E-state index contributed by atoms with van der Waals surface area (Å²) < 4.78 is 13.1. The normalized spacial score (nSPS) is 15.1. The highest BCUT2D eigenvalue weighted by molar-refractivity contribution is 9.10. The lowest BCUT2D eigenvalue weighted by Gasteiger charge is -2.29. The highest BCUT2D eigenvalue weighted by atomic mass is 79.9. The predicted molar refractivity (Wildman–Crippen MR) is 128 cm³/mol. The molecule has 1 N–H and O–H groups in total. The summed E-state index contributed by atoms with van der Waals surface area (Å²) in [5, 5.41) is 8.84. The van der Waals surface area contributed by atoms with Crippen LogP contribution in [0.2, 0.25) is 0 Å². The molecule has 3 heterocycles. The Morgan fingerprint density at radius 3 is 2.64 bits per heavy atom. The SMILES string of the molecule is COc1ccc(-c2nc3c4cccc(Br)c4nc(NC(C)C(=O)N4CCOCC4)n3n2)cc1. The molecular weight excluding hydrogens is 488 g/mol. The standard InChI is InChI=1S/C23H23BrN6O3/c1-14(22(31)29-10-12-33-13-11-29)25-23-26-19-17(4-3-5-18(19)24)21-27-20(28-30(21)23)15-6-8-16(32-2)9-7-15/h3-9,14H,10-13H2,1-2H3,(H,25,26). The second-order valence-corrected chi connectivity index (χ2v) is 8.63. The number of rotatable bonds is 5. The predicted octanol–water partition coefficient (Wildman–Crippen LogP) is 3.37. The lowest BCUT2D eigenvalue weighted by atomic mass is 10.2. The first kappa shape index (κ1) is 21.6. The number of hydrogen-bond donors (Lipinski definition) is 1. The summed E-state index contributed by atoms with van der Waals surface area (Å²) in [5.41, 5.74) is 2.25. The summed E-state index contributed by atoms with van der Waals surface area (Å²) in [6.07, 6.45) is 0. The van der Waals surface area contributed by atoms with Crippen molar-refractivity contribution < 1.29 is 14.3 Å². The minimum absolute atomic E-state index is 0.00373. The monoisotopic (exact) mass is 510 g/mol. The molecule has 1 amide bonds. The summed E-state index contributed by atoms with van der Waals surface area (Å²) in [7, 11) is 1.63. The molecule has 2 aromatic carbocycles. The highest BCUT2D eigenvalue weighted by Gasteiger charge is 2.24. The quantitative estimate of drug-likeness (QED) is 0.439. The zero-order valence-corrected chi connectivity index (χ0v) is 19.9. The number of benzene rings is 2. The van der Waals surface area contributed by atoms with Crippen LogP contribution in [0.5, 0.6) is 5.75 Å². The fraction of sp³-hybridized carbons (Fsp3) is 0.304. The first-order chi connectivity index (χ1) is 16.0. The van der Waals surface area contributed by atoms with Gasteiger partial charge in [-0.25, -0.2) is 9.97 Å². The second kappa shape index (κ2) is 8.95. The third-order valence-corrected chi connectivity index (χ3v) is 6.28. The maximum Gasteiger partial charge on any atom is 0.245 e. The smallest absolute Gasteiger partial charge is 0.245 e. The van der Waals surface area contributed by atoms with E-state index in [0.717, 1.165) is 26.7 Å². The van der Waals surface area contributed by atoms with E-state index in [9.17, 15) is 4.79 Å². The van der Waals surface area contributed by atoms with Crippen molar-refractivity contribution in [2.75, 3.05) is 38.7 Å². The molecule has 2 aromatic heterocycles. The van der Waals surface area contributed by atoms with Crippen LogP contribution >= 0.6 is 15.9 Å². The molecule has 1 aliphatic rings. The van der Waals surface area contributed by atoms with Crippen molar-refractivity contribution in [1.82, 2.24) is 24.5 Å². The topological polar surface area (TPSA) is 93.9 Å². The number of carbonyl (C=O) groups is 1. The minimum atomic E-state index is -0.493. The van der Waals surface area contributed by atoms with Crippen LogP contribution in [-0.2, 0) is 9.53 Å². The van der Waals surface area contributed by atoms with Crippen molar-refractivity contribution in [3.05, 3.63) is 46.9 Å². The number of nitrogens with zero attached hydrogens (tertiary/aromatic N) is 5. The second-order valence-electron chi connectivity index (χ2n) is 7.77. The number of carbonyl (C=O) groups excluding carboxylic acids is 1. The number of hydrogen-bond acceptors (Lipinski definition) is 7. The molecule has 4 aromatic rings. The molecule has 1 unspecified atom stereocenters. The molecule has 1 atom stereocenters. The van der Waals surface area contributed by atoms with E-state index < -0.39 is 6.04 Å². The zero-order valence-electron chi connectivity index (χ0n) is 18.3. The average molecular weight is 511 g/mol. The summed E-state index contributed by atoms with van der Waals surface area (Å²) in [4.78, 5) is 24.4. The highest BCUT2D eigenvalue weighted by Crippen LogP contribution is 2.29. The van der Waals surface area contributed by atoms with E-state index in [4.69, 9.17) is 24.5 Å². The fourth-order valence-electron chi connectivity index (χ4n) is 3.87. The van der Waals surface area contributed by atoms with E-state index in [-0.39, 0.29) is 5.91 Å². The average Bonchev–Trinajstić information content (AvgIpc) is 3.31. The van der Waals surface area contributed by atoms with Gasteiger partial charge in [0.25, 0.3) is 0 Å². The van der Waals surface area contributed by atoms with Gasteiger partial charge < -0.3 is 19.7 Å². The molecule has 10 heteroatoms. The van der Waals surface area contributed by atoms with E-state index in [1.165, 1.54) is 0 Å². The molecule has 0 saturated carbocycles. The third-order valence-electron chi connectivity index (χ3n) is 5.64. The van der Waals surface area contributed by atoms with Crippen molar-refractivity contribution in [3.63, 3.8) is 0 Å².